The van der Waals surface area contributed by atoms with E-state index in [1.165, 1.54) is 5.01 Å². The molecule has 2 aromatic rings. The number of aryl methyl sites for hydroxylation is 2. The maximum Gasteiger partial charge on any atom is 0.498 e. The summed E-state index contributed by atoms with van der Waals surface area (Å²) < 4.78 is 30.8. The number of hydrazine groups is 1. The molecule has 9 nitrogen and oxygen atoms in total. The quantitative estimate of drug-likeness (QED) is 0.180. The van der Waals surface area contributed by atoms with Crippen LogP contribution in [0.25, 0.3) is 0 Å². The lowest BCUT2D eigenvalue weighted by Gasteiger charge is -2.39. The van der Waals surface area contributed by atoms with E-state index in [-0.39, 0.29) is 30.3 Å². The molecule has 0 radical (unpaired) electrons. The van der Waals surface area contributed by atoms with Gasteiger partial charge in [0.05, 0.1) is 23.9 Å². The van der Waals surface area contributed by atoms with Crippen molar-refractivity contribution in [3.8, 4) is 5.75 Å². The normalized spacial score (nSPS) is 19.7. The van der Waals surface area contributed by atoms with Gasteiger partial charge in [0.25, 0.3) is 11.8 Å². The summed E-state index contributed by atoms with van der Waals surface area (Å²) in [4.78, 5) is 28.3. The Morgan fingerprint density at radius 2 is 1.64 bits per heavy atom. The Hall–Kier alpha value is -2.92. The summed E-state index contributed by atoms with van der Waals surface area (Å²) in [6.07, 6.45) is 3.40. The molecule has 0 spiro atoms. The molecule has 2 aromatic carbocycles. The van der Waals surface area contributed by atoms with Gasteiger partial charge < -0.3 is 23.5 Å². The van der Waals surface area contributed by atoms with Gasteiger partial charge in [0.2, 0.25) is 0 Å². The first kappa shape index (κ1) is 36.9. The molecule has 2 heterocycles. The molecule has 2 saturated heterocycles. The molecule has 2 aliphatic heterocycles. The van der Waals surface area contributed by atoms with E-state index in [4.69, 9.17) is 23.5 Å². The average Bonchev–Trinajstić information content (AvgIpc) is 3.20. The van der Waals surface area contributed by atoms with Gasteiger partial charge in [-0.25, -0.2) is 5.01 Å². The molecule has 0 aliphatic carbocycles. The third-order valence-corrected chi connectivity index (χ3v) is 9.57. The topological polar surface area (TPSA) is 95.6 Å². The summed E-state index contributed by atoms with van der Waals surface area (Å²) in [5, 5.41) is 1.51. The number of ether oxygens (including phenoxy) is 3. The maximum absolute atomic E-state index is 14.2. The maximum atomic E-state index is 14.2. The molecule has 0 saturated carbocycles. The highest BCUT2D eigenvalue weighted by Gasteiger charge is 2.52. The number of hydrogen-bond acceptors (Lipinski definition) is 7. The molecule has 47 heavy (non-hydrogen) atoms. The zero-order valence-corrected chi connectivity index (χ0v) is 30.4. The first-order valence-corrected chi connectivity index (χ1v) is 17.0. The fraction of sp³-hybridized carbons (Fsp3) is 0.622. The first-order chi connectivity index (χ1) is 21.9. The standard InChI is InChI=1S/C37H55BN2O7/c1-12-30(35(5,6)7)40(34(42)27-22-24(2)21-25(3)23-27)39-33(41)28-16-17-29(38-46-36(8,9)37(10,11)47-38)32(26(28)4)45-20-19-44-31-15-13-14-18-43-31/h16-17,21-23,30-31H,12-15,18-20H2,1-11H3,(H,39,41)/t30-,31?/m1/s1. The van der Waals surface area contributed by atoms with Crippen molar-refractivity contribution >= 4 is 24.4 Å². The van der Waals surface area contributed by atoms with E-state index in [1.54, 1.807) is 6.07 Å². The molecule has 1 unspecified atom stereocenters. The van der Waals surface area contributed by atoms with Gasteiger partial charge in [0, 0.05) is 28.8 Å². The molecular formula is C37H55BN2O7. The fourth-order valence-electron chi connectivity index (χ4n) is 6.33. The van der Waals surface area contributed by atoms with Crippen molar-refractivity contribution in [2.75, 3.05) is 19.8 Å². The minimum atomic E-state index is -0.693. The van der Waals surface area contributed by atoms with Crippen molar-refractivity contribution in [2.24, 2.45) is 5.41 Å². The van der Waals surface area contributed by atoms with Gasteiger partial charge in [0.1, 0.15) is 12.4 Å². The Morgan fingerprint density at radius 1 is 1.00 bits per heavy atom. The minimum absolute atomic E-state index is 0.233. The van der Waals surface area contributed by atoms with E-state index < -0.39 is 24.2 Å². The Kier molecular flexibility index (Phi) is 11.5. The Bertz CT molecular complexity index is 1390. The van der Waals surface area contributed by atoms with Crippen molar-refractivity contribution in [1.29, 1.82) is 0 Å². The van der Waals surface area contributed by atoms with Gasteiger partial charge in [-0.1, -0.05) is 51.0 Å². The third-order valence-electron chi connectivity index (χ3n) is 9.57. The van der Waals surface area contributed by atoms with Gasteiger partial charge in [-0.3, -0.25) is 15.0 Å². The van der Waals surface area contributed by atoms with Gasteiger partial charge in [-0.2, -0.15) is 0 Å². The summed E-state index contributed by atoms with van der Waals surface area (Å²) in [6, 6.07) is 9.06. The van der Waals surface area contributed by atoms with E-state index in [2.05, 4.69) is 26.2 Å². The third kappa shape index (κ3) is 8.58. The molecule has 2 amide bonds. The summed E-state index contributed by atoms with van der Waals surface area (Å²) >= 11 is 0. The molecule has 4 rings (SSSR count). The first-order valence-electron chi connectivity index (χ1n) is 17.0. The summed E-state index contributed by atoms with van der Waals surface area (Å²) in [6.45, 7) is 23.3. The zero-order chi connectivity index (χ0) is 34.7. The van der Waals surface area contributed by atoms with E-state index >= 15 is 0 Å². The molecule has 10 heteroatoms. The highest BCUT2D eigenvalue weighted by Crippen LogP contribution is 2.38. The number of rotatable bonds is 10. The number of nitrogens with one attached hydrogen (secondary N) is 1. The van der Waals surface area contributed by atoms with Crippen LogP contribution in [0, 0.1) is 26.2 Å². The lowest BCUT2D eigenvalue weighted by atomic mass is 9.76. The van der Waals surface area contributed by atoms with Crippen molar-refractivity contribution in [3.63, 3.8) is 0 Å². The largest absolute Gasteiger partial charge is 0.498 e. The van der Waals surface area contributed by atoms with E-state index in [0.717, 1.165) is 30.4 Å². The number of nitrogens with zero attached hydrogens (tertiary/aromatic N) is 1. The second-order valence-corrected chi connectivity index (χ2v) is 15.0. The van der Waals surface area contributed by atoms with E-state index in [1.807, 2.05) is 79.7 Å². The summed E-state index contributed by atoms with van der Waals surface area (Å²) in [5.74, 6) is -0.156. The fourth-order valence-corrected chi connectivity index (χ4v) is 6.33. The van der Waals surface area contributed by atoms with E-state index in [0.29, 0.717) is 47.5 Å². The molecule has 2 aliphatic rings. The lowest BCUT2D eigenvalue weighted by molar-refractivity contribution is -0.165. The molecule has 0 bridgehead atoms. The number of amides is 2. The molecule has 2 fully saturated rings. The zero-order valence-electron chi connectivity index (χ0n) is 30.4. The van der Waals surface area contributed by atoms with Crippen LogP contribution in [-0.4, -0.2) is 67.3 Å². The summed E-state index contributed by atoms with van der Waals surface area (Å²) in [5.41, 5.74) is 5.78. The molecular weight excluding hydrogens is 595 g/mol. The molecule has 258 valence electrons. The van der Waals surface area contributed by atoms with Crippen LogP contribution in [0.15, 0.2) is 30.3 Å². The van der Waals surface area contributed by atoms with Crippen LogP contribution >= 0.6 is 0 Å². The Morgan fingerprint density at radius 3 is 2.19 bits per heavy atom. The van der Waals surface area contributed by atoms with Crippen molar-refractivity contribution in [1.82, 2.24) is 10.4 Å². The van der Waals surface area contributed by atoms with Crippen molar-refractivity contribution in [2.45, 2.75) is 125 Å². The highest BCUT2D eigenvalue weighted by atomic mass is 16.7. The molecule has 2 atom stereocenters. The Labute approximate surface area is 282 Å². The molecule has 1 N–H and O–H groups in total. The van der Waals surface area contributed by atoms with Gasteiger partial charge in [-0.05, 0) is 97.8 Å². The Balaban J connectivity index is 1.66. The number of hydrogen-bond donors (Lipinski definition) is 1. The smallest absolute Gasteiger partial charge is 0.491 e. The second kappa shape index (κ2) is 14.7. The number of benzene rings is 2. The second-order valence-electron chi connectivity index (χ2n) is 15.0. The van der Waals surface area contributed by atoms with Crippen LogP contribution in [0.3, 0.4) is 0 Å². The van der Waals surface area contributed by atoms with Crippen LogP contribution in [0.5, 0.6) is 5.75 Å². The van der Waals surface area contributed by atoms with Crippen LogP contribution in [0.2, 0.25) is 0 Å². The van der Waals surface area contributed by atoms with Gasteiger partial charge in [-0.15, -0.1) is 0 Å². The highest BCUT2D eigenvalue weighted by molar-refractivity contribution is 6.63. The SMILES string of the molecule is CC[C@@H](N(NC(=O)c1ccc(B2OC(C)(C)C(C)(C)O2)c(OCCOC2CCCCO2)c1C)C(=O)c1cc(C)cc(C)c1)C(C)(C)C. The predicted molar refractivity (Wildman–Crippen MR) is 185 cm³/mol. The molecule has 0 aromatic heterocycles. The van der Waals surface area contributed by atoms with Crippen LogP contribution in [-0.2, 0) is 18.8 Å². The number of carbonyl (C=O) groups excluding carboxylic acids is 2. The van der Waals surface area contributed by atoms with E-state index in [9.17, 15) is 9.59 Å². The van der Waals surface area contributed by atoms with Gasteiger partial charge in [0.15, 0.2) is 6.29 Å². The average molecular weight is 651 g/mol. The lowest BCUT2D eigenvalue weighted by Crippen LogP contribution is -2.56. The monoisotopic (exact) mass is 650 g/mol. The van der Waals surface area contributed by atoms with Crippen LogP contribution in [0.1, 0.15) is 118 Å². The van der Waals surface area contributed by atoms with Crippen molar-refractivity contribution < 1.29 is 33.1 Å². The van der Waals surface area contributed by atoms with Gasteiger partial charge >= 0.3 is 7.12 Å². The van der Waals surface area contributed by atoms with Crippen LogP contribution in [0.4, 0.5) is 0 Å². The van der Waals surface area contributed by atoms with Crippen LogP contribution < -0.4 is 15.6 Å². The number of carbonyl (C=O) groups is 2. The van der Waals surface area contributed by atoms with Crippen molar-refractivity contribution in [3.05, 3.63) is 58.1 Å². The predicted octanol–water partition coefficient (Wildman–Crippen LogP) is 6.44. The summed E-state index contributed by atoms with van der Waals surface area (Å²) in [7, 11) is -0.693. The minimum Gasteiger partial charge on any atom is -0.491 e.